The van der Waals surface area contributed by atoms with Gasteiger partial charge in [0.15, 0.2) is 23.0 Å². The number of hydrogen-bond acceptors (Lipinski definition) is 7. The van der Waals surface area contributed by atoms with E-state index in [1.165, 1.54) is 6.07 Å². The lowest BCUT2D eigenvalue weighted by molar-refractivity contribution is 0.0702. The lowest BCUT2D eigenvalue weighted by Gasteiger charge is -2.24. The molecule has 8 nitrogen and oxygen atoms in total. The average molecular weight is 465 g/mol. The number of nitrogens with two attached hydrogens (primary N) is 1. The molecule has 1 aliphatic rings. The van der Waals surface area contributed by atoms with E-state index in [2.05, 4.69) is 34.3 Å². The first-order valence-corrected chi connectivity index (χ1v) is 11.5. The Labute approximate surface area is 197 Å². The van der Waals surface area contributed by atoms with E-state index in [4.69, 9.17) is 20.2 Å². The van der Waals surface area contributed by atoms with Crippen LogP contribution in [0.25, 0.3) is 28.1 Å². The van der Waals surface area contributed by atoms with Crippen molar-refractivity contribution >= 4 is 16.6 Å². The van der Waals surface area contributed by atoms with Gasteiger partial charge in [0, 0.05) is 49.9 Å². The molecule has 4 aromatic rings. The third kappa shape index (κ3) is 4.34. The maximum atomic E-state index is 14.5. The van der Waals surface area contributed by atoms with Crippen LogP contribution in [-0.2, 0) is 4.74 Å². The average Bonchev–Trinajstić information content (AvgIpc) is 3.47. The van der Waals surface area contributed by atoms with Crippen molar-refractivity contribution in [1.82, 2.24) is 24.5 Å². The molecule has 1 fully saturated rings. The second-order valence-electron chi connectivity index (χ2n) is 8.96. The quantitative estimate of drug-likeness (QED) is 0.447. The van der Waals surface area contributed by atoms with Crippen LogP contribution in [0.3, 0.4) is 0 Å². The lowest BCUT2D eigenvalue weighted by Crippen LogP contribution is -2.28. The van der Waals surface area contributed by atoms with Gasteiger partial charge in [-0.2, -0.15) is 0 Å². The van der Waals surface area contributed by atoms with Crippen LogP contribution in [0.15, 0.2) is 42.6 Å². The number of benzene rings is 1. The Balaban J connectivity index is 1.49. The maximum absolute atomic E-state index is 14.5. The van der Waals surface area contributed by atoms with Gasteiger partial charge in [0.2, 0.25) is 0 Å². The Bertz CT molecular complexity index is 1330. The number of fused-ring (bicyclic) bond motifs is 2. The second kappa shape index (κ2) is 9.25. The number of halogens is 1. The fourth-order valence-corrected chi connectivity index (χ4v) is 4.34. The number of rotatable bonds is 7. The van der Waals surface area contributed by atoms with E-state index in [0.29, 0.717) is 22.4 Å². The molecule has 5 rings (SSSR count). The van der Waals surface area contributed by atoms with Gasteiger partial charge in [0.05, 0.1) is 11.6 Å². The molecule has 0 radical (unpaired) electrons. The molecular formula is C25H29FN6O2. The Morgan fingerprint density at radius 2 is 2.03 bits per heavy atom. The van der Waals surface area contributed by atoms with Crippen LogP contribution in [0.2, 0.25) is 0 Å². The van der Waals surface area contributed by atoms with E-state index in [0.717, 1.165) is 30.7 Å². The summed E-state index contributed by atoms with van der Waals surface area (Å²) < 4.78 is 27.2. The van der Waals surface area contributed by atoms with Crippen molar-refractivity contribution in [3.05, 3.63) is 54.0 Å². The maximum Gasteiger partial charge on any atom is 0.187 e. The number of likely N-dealkylation sites (tertiary alicyclic amines) is 1. The van der Waals surface area contributed by atoms with Crippen molar-refractivity contribution < 1.29 is 13.9 Å². The van der Waals surface area contributed by atoms with Crippen molar-refractivity contribution in [3.8, 4) is 17.3 Å². The van der Waals surface area contributed by atoms with E-state index >= 15 is 0 Å². The molecule has 0 unspecified atom stereocenters. The van der Waals surface area contributed by atoms with Gasteiger partial charge >= 0.3 is 0 Å². The van der Waals surface area contributed by atoms with Crippen molar-refractivity contribution in [1.29, 1.82) is 0 Å². The summed E-state index contributed by atoms with van der Waals surface area (Å²) in [5.74, 6) is 0.342. The lowest BCUT2D eigenvalue weighted by atomic mass is 10.1. The molecule has 34 heavy (non-hydrogen) atoms. The van der Waals surface area contributed by atoms with Gasteiger partial charge in [-0.3, -0.25) is 9.30 Å². The minimum absolute atomic E-state index is 0.145. The minimum atomic E-state index is -0.432. The van der Waals surface area contributed by atoms with Gasteiger partial charge in [-0.15, -0.1) is 10.2 Å². The van der Waals surface area contributed by atoms with E-state index in [1.54, 1.807) is 13.2 Å². The Hall–Kier alpha value is -3.14. The molecule has 9 heteroatoms. The smallest absolute Gasteiger partial charge is 0.187 e. The van der Waals surface area contributed by atoms with Gasteiger partial charge < -0.3 is 15.2 Å². The Morgan fingerprint density at radius 3 is 2.79 bits per heavy atom. The Morgan fingerprint density at radius 1 is 1.18 bits per heavy atom. The predicted molar refractivity (Wildman–Crippen MR) is 128 cm³/mol. The molecule has 3 aromatic heterocycles. The van der Waals surface area contributed by atoms with Crippen LogP contribution in [0.1, 0.15) is 31.9 Å². The second-order valence-corrected chi connectivity index (χ2v) is 8.96. The predicted octanol–water partition coefficient (Wildman–Crippen LogP) is 3.59. The van der Waals surface area contributed by atoms with Gasteiger partial charge in [0.25, 0.3) is 0 Å². The van der Waals surface area contributed by atoms with Crippen molar-refractivity contribution in [2.45, 2.75) is 38.5 Å². The van der Waals surface area contributed by atoms with Crippen LogP contribution in [0, 0.1) is 5.82 Å². The number of hydrogen-bond donors (Lipinski definition) is 1. The first-order chi connectivity index (χ1) is 16.4. The molecule has 2 N–H and O–H groups in total. The summed E-state index contributed by atoms with van der Waals surface area (Å²) in [7, 11) is 1.59. The fourth-order valence-electron chi connectivity index (χ4n) is 4.34. The van der Waals surface area contributed by atoms with Gasteiger partial charge in [-0.1, -0.05) is 12.1 Å². The van der Waals surface area contributed by atoms with Crippen LogP contribution in [0.5, 0.6) is 5.75 Å². The third-order valence-electron chi connectivity index (χ3n) is 6.56. The summed E-state index contributed by atoms with van der Waals surface area (Å²) >= 11 is 0. The molecule has 0 aliphatic carbocycles. The van der Waals surface area contributed by atoms with E-state index in [1.807, 2.05) is 29.5 Å². The van der Waals surface area contributed by atoms with Crippen LogP contribution < -0.4 is 10.5 Å². The summed E-state index contributed by atoms with van der Waals surface area (Å²) in [6, 6.07) is 11.2. The summed E-state index contributed by atoms with van der Waals surface area (Å²) in [6.07, 6.45) is 2.93. The molecule has 1 aromatic carbocycles. The zero-order valence-electron chi connectivity index (χ0n) is 19.6. The molecule has 0 saturated carbocycles. The SMILES string of the molecule is CO[C@@H](C)COc1cc2nc(-c3nnc4ccc([C@H](C)N5CC[C@H](N)C5)cn34)ccc2cc1F. The first kappa shape index (κ1) is 22.6. The van der Waals surface area contributed by atoms with Crippen molar-refractivity contribution in [3.63, 3.8) is 0 Å². The minimum Gasteiger partial charge on any atom is -0.488 e. The number of nitrogens with zero attached hydrogens (tertiary/aromatic N) is 5. The van der Waals surface area contributed by atoms with E-state index in [9.17, 15) is 4.39 Å². The Kier molecular flexibility index (Phi) is 6.16. The molecule has 4 heterocycles. The normalized spacial score (nSPS) is 18.6. The third-order valence-corrected chi connectivity index (χ3v) is 6.56. The summed E-state index contributed by atoms with van der Waals surface area (Å²) in [6.45, 7) is 6.18. The van der Waals surface area contributed by atoms with E-state index in [-0.39, 0.29) is 30.5 Å². The van der Waals surface area contributed by atoms with Crippen LogP contribution >= 0.6 is 0 Å². The number of pyridine rings is 2. The van der Waals surface area contributed by atoms with Crippen molar-refractivity contribution in [2.24, 2.45) is 5.73 Å². The fraction of sp³-hybridized carbons (Fsp3) is 0.400. The first-order valence-electron chi connectivity index (χ1n) is 11.5. The molecule has 0 bridgehead atoms. The van der Waals surface area contributed by atoms with E-state index < -0.39 is 5.82 Å². The summed E-state index contributed by atoms with van der Waals surface area (Å²) in [4.78, 5) is 7.14. The highest BCUT2D eigenvalue weighted by Gasteiger charge is 2.25. The van der Waals surface area contributed by atoms with Crippen LogP contribution in [0.4, 0.5) is 4.39 Å². The highest BCUT2D eigenvalue weighted by molar-refractivity contribution is 5.82. The standard InChI is InChI=1S/C25H29FN6O2/c1-15(33-3)14-34-23-11-22-17(10-20(23)26)4-6-21(28-22)25-30-29-24-7-5-18(12-32(24)25)16(2)31-9-8-19(27)13-31/h4-7,10-12,15-16,19H,8-9,13-14,27H2,1-3H3/t15-,16-,19-/m0/s1. The zero-order valence-corrected chi connectivity index (χ0v) is 19.6. The topological polar surface area (TPSA) is 90.8 Å². The highest BCUT2D eigenvalue weighted by Crippen LogP contribution is 2.28. The molecule has 178 valence electrons. The molecule has 1 saturated heterocycles. The van der Waals surface area contributed by atoms with Crippen LogP contribution in [-0.4, -0.2) is 63.4 Å². The number of aromatic nitrogens is 4. The molecule has 0 amide bonds. The monoisotopic (exact) mass is 464 g/mol. The van der Waals surface area contributed by atoms with Gasteiger partial charge in [-0.25, -0.2) is 9.37 Å². The van der Waals surface area contributed by atoms with Crippen molar-refractivity contribution in [2.75, 3.05) is 26.8 Å². The largest absolute Gasteiger partial charge is 0.488 e. The molecule has 1 aliphatic heterocycles. The molecular weight excluding hydrogens is 435 g/mol. The summed E-state index contributed by atoms with van der Waals surface area (Å²) in [5.41, 5.74) is 9.27. The zero-order chi connectivity index (χ0) is 23.8. The molecule has 3 atom stereocenters. The van der Waals surface area contributed by atoms with Gasteiger partial charge in [0.1, 0.15) is 12.3 Å². The highest BCUT2D eigenvalue weighted by atomic mass is 19.1. The summed E-state index contributed by atoms with van der Waals surface area (Å²) in [5, 5.41) is 9.39. The van der Waals surface area contributed by atoms with Gasteiger partial charge in [-0.05, 0) is 44.0 Å². The molecule has 0 spiro atoms. The number of ether oxygens (including phenoxy) is 2. The number of methoxy groups -OCH3 is 1.